The number of carbonyl (C=O) groups excluding carboxylic acids is 2. The van der Waals surface area contributed by atoms with Gasteiger partial charge in [0.25, 0.3) is 5.91 Å². The number of nitrogens with zero attached hydrogens (tertiary/aromatic N) is 2. The van der Waals surface area contributed by atoms with Gasteiger partial charge in [-0.3, -0.25) is 9.59 Å². The Balaban J connectivity index is 1.53. The van der Waals surface area contributed by atoms with Crippen LogP contribution in [-0.4, -0.2) is 28.0 Å². The summed E-state index contributed by atoms with van der Waals surface area (Å²) < 4.78 is 7.69. The molecule has 128 valence electrons. The predicted molar refractivity (Wildman–Crippen MR) is 98.2 cm³/mol. The third-order valence-electron chi connectivity index (χ3n) is 3.63. The molecule has 0 radical (unpaired) electrons. The van der Waals surface area contributed by atoms with Gasteiger partial charge in [0.2, 0.25) is 0 Å². The molecule has 0 saturated heterocycles. The third-order valence-corrected chi connectivity index (χ3v) is 4.52. The van der Waals surface area contributed by atoms with Crippen LogP contribution in [0.3, 0.4) is 0 Å². The molecule has 7 heteroatoms. The fourth-order valence-electron chi connectivity index (χ4n) is 2.39. The van der Waals surface area contributed by atoms with Crippen LogP contribution in [0.4, 0.5) is 5.69 Å². The van der Waals surface area contributed by atoms with Crippen molar-refractivity contribution in [1.29, 1.82) is 0 Å². The molecular formula is C18H16BrN3O3. The zero-order chi connectivity index (χ0) is 17.8. The van der Waals surface area contributed by atoms with Gasteiger partial charge in [-0.2, -0.15) is 0 Å². The van der Waals surface area contributed by atoms with Crippen molar-refractivity contribution in [2.24, 2.45) is 0 Å². The number of esters is 1. The summed E-state index contributed by atoms with van der Waals surface area (Å²) in [6.07, 6.45) is 1.58. The van der Waals surface area contributed by atoms with E-state index in [2.05, 4.69) is 26.2 Å². The maximum atomic E-state index is 12.0. The van der Waals surface area contributed by atoms with Crippen molar-refractivity contribution >= 4 is 44.5 Å². The number of hydrogen-bond acceptors (Lipinski definition) is 4. The molecule has 0 aliphatic rings. The largest absolute Gasteiger partial charge is 0.454 e. The summed E-state index contributed by atoms with van der Waals surface area (Å²) in [5.41, 5.74) is 3.30. The second-order valence-corrected chi connectivity index (χ2v) is 6.39. The number of ether oxygens (including phenoxy) is 1. The highest BCUT2D eigenvalue weighted by Crippen LogP contribution is 2.19. The van der Waals surface area contributed by atoms with Crippen LogP contribution in [0.1, 0.15) is 5.56 Å². The molecule has 1 heterocycles. The van der Waals surface area contributed by atoms with Gasteiger partial charge < -0.3 is 14.6 Å². The van der Waals surface area contributed by atoms with Crippen molar-refractivity contribution in [3.63, 3.8) is 0 Å². The lowest BCUT2D eigenvalue weighted by Crippen LogP contribution is -2.22. The number of carbonyl (C=O) groups is 2. The average Bonchev–Trinajstić information content (AvgIpc) is 2.99. The summed E-state index contributed by atoms with van der Waals surface area (Å²) in [5, 5.41) is 2.70. The van der Waals surface area contributed by atoms with Crippen molar-refractivity contribution in [3.05, 3.63) is 58.8 Å². The molecule has 6 nitrogen and oxygen atoms in total. The lowest BCUT2D eigenvalue weighted by molar-refractivity contribution is -0.147. The zero-order valence-electron chi connectivity index (χ0n) is 13.5. The predicted octanol–water partition coefficient (Wildman–Crippen LogP) is 3.29. The smallest absolute Gasteiger partial charge is 0.326 e. The quantitative estimate of drug-likeness (QED) is 0.665. The lowest BCUT2D eigenvalue weighted by atomic mass is 10.2. The maximum Gasteiger partial charge on any atom is 0.326 e. The van der Waals surface area contributed by atoms with E-state index >= 15 is 0 Å². The van der Waals surface area contributed by atoms with Crippen LogP contribution in [0.25, 0.3) is 11.0 Å². The number of halogens is 1. The Morgan fingerprint density at radius 1 is 1.24 bits per heavy atom. The molecule has 1 aromatic heterocycles. The Morgan fingerprint density at radius 3 is 2.84 bits per heavy atom. The van der Waals surface area contributed by atoms with E-state index in [1.54, 1.807) is 17.0 Å². The van der Waals surface area contributed by atoms with Gasteiger partial charge in [0, 0.05) is 10.2 Å². The van der Waals surface area contributed by atoms with Crippen molar-refractivity contribution in [1.82, 2.24) is 9.55 Å². The van der Waals surface area contributed by atoms with Gasteiger partial charge >= 0.3 is 5.97 Å². The Hall–Kier alpha value is -2.67. The molecule has 1 N–H and O–H groups in total. The second kappa shape index (κ2) is 7.48. The molecule has 0 saturated carbocycles. The molecule has 1 amide bonds. The number of imidazole rings is 1. The molecule has 0 unspecified atom stereocenters. The number of fused-ring (bicyclic) bond motifs is 1. The number of aryl methyl sites for hydroxylation is 1. The van der Waals surface area contributed by atoms with Gasteiger partial charge in [-0.25, -0.2) is 4.98 Å². The number of para-hydroxylation sites is 2. The molecule has 0 atom stereocenters. The Morgan fingerprint density at radius 2 is 2.04 bits per heavy atom. The van der Waals surface area contributed by atoms with E-state index in [1.807, 2.05) is 43.3 Å². The Kier molecular flexibility index (Phi) is 5.14. The SMILES string of the molecule is Cc1cc(NC(=O)COC(=O)Cn2cnc3ccccc32)ccc1Br. The highest BCUT2D eigenvalue weighted by Gasteiger charge is 2.11. The number of benzene rings is 2. The van der Waals surface area contributed by atoms with E-state index < -0.39 is 5.97 Å². The van der Waals surface area contributed by atoms with E-state index in [0.29, 0.717) is 5.69 Å². The van der Waals surface area contributed by atoms with Crippen LogP contribution in [0, 0.1) is 6.92 Å². The molecular weight excluding hydrogens is 386 g/mol. The molecule has 0 bridgehead atoms. The Labute approximate surface area is 152 Å². The normalized spacial score (nSPS) is 10.6. The first-order valence-electron chi connectivity index (χ1n) is 7.64. The van der Waals surface area contributed by atoms with Gasteiger partial charge in [-0.05, 0) is 42.8 Å². The van der Waals surface area contributed by atoms with Crippen LogP contribution in [0.5, 0.6) is 0 Å². The number of nitrogens with one attached hydrogen (secondary N) is 1. The first kappa shape index (κ1) is 17.2. The molecule has 3 rings (SSSR count). The molecule has 0 aliphatic carbocycles. The van der Waals surface area contributed by atoms with E-state index in [1.165, 1.54) is 0 Å². The first-order valence-corrected chi connectivity index (χ1v) is 8.44. The van der Waals surface area contributed by atoms with Crippen LogP contribution in [-0.2, 0) is 20.9 Å². The van der Waals surface area contributed by atoms with Crippen molar-refractivity contribution < 1.29 is 14.3 Å². The highest BCUT2D eigenvalue weighted by atomic mass is 79.9. The van der Waals surface area contributed by atoms with Gasteiger partial charge in [-0.15, -0.1) is 0 Å². The number of hydrogen-bond donors (Lipinski definition) is 1. The van der Waals surface area contributed by atoms with E-state index in [-0.39, 0.29) is 19.1 Å². The summed E-state index contributed by atoms with van der Waals surface area (Å²) in [5.74, 6) is -0.879. The first-order chi connectivity index (χ1) is 12.0. The van der Waals surface area contributed by atoms with Gasteiger partial charge in [0.05, 0.1) is 17.4 Å². The number of rotatable bonds is 5. The standard InChI is InChI=1S/C18H16BrN3O3/c1-12-8-13(6-7-14(12)19)21-17(23)10-25-18(24)9-22-11-20-15-4-2-3-5-16(15)22/h2-8,11H,9-10H2,1H3,(H,21,23). The van der Waals surface area contributed by atoms with Crippen molar-refractivity contribution in [2.45, 2.75) is 13.5 Å². The molecule has 0 spiro atoms. The van der Waals surface area contributed by atoms with Crippen LogP contribution < -0.4 is 5.32 Å². The summed E-state index contributed by atoms with van der Waals surface area (Å²) in [6.45, 7) is 1.60. The lowest BCUT2D eigenvalue weighted by Gasteiger charge is -2.08. The van der Waals surface area contributed by atoms with E-state index in [9.17, 15) is 9.59 Å². The van der Waals surface area contributed by atoms with Crippen molar-refractivity contribution in [3.8, 4) is 0 Å². The van der Waals surface area contributed by atoms with Gasteiger partial charge in [0.15, 0.2) is 6.61 Å². The number of anilines is 1. The molecule has 0 fully saturated rings. The monoisotopic (exact) mass is 401 g/mol. The maximum absolute atomic E-state index is 12.0. The fraction of sp³-hybridized carbons (Fsp3) is 0.167. The molecule has 0 aliphatic heterocycles. The summed E-state index contributed by atoms with van der Waals surface area (Å²) in [7, 11) is 0. The van der Waals surface area contributed by atoms with Gasteiger partial charge in [-0.1, -0.05) is 28.1 Å². The van der Waals surface area contributed by atoms with E-state index in [4.69, 9.17) is 4.74 Å². The number of amides is 1. The number of aromatic nitrogens is 2. The van der Waals surface area contributed by atoms with Crippen LogP contribution in [0.2, 0.25) is 0 Å². The summed E-state index contributed by atoms with van der Waals surface area (Å²) in [6, 6.07) is 13.0. The third kappa shape index (κ3) is 4.24. The van der Waals surface area contributed by atoms with Gasteiger partial charge in [0.1, 0.15) is 6.54 Å². The minimum atomic E-state index is -0.495. The fourth-order valence-corrected chi connectivity index (χ4v) is 2.63. The van der Waals surface area contributed by atoms with Crippen LogP contribution >= 0.6 is 15.9 Å². The minimum Gasteiger partial charge on any atom is -0.454 e. The molecule has 2 aromatic carbocycles. The second-order valence-electron chi connectivity index (χ2n) is 5.53. The van der Waals surface area contributed by atoms with Crippen molar-refractivity contribution in [2.75, 3.05) is 11.9 Å². The topological polar surface area (TPSA) is 73.2 Å². The molecule has 25 heavy (non-hydrogen) atoms. The molecule has 3 aromatic rings. The highest BCUT2D eigenvalue weighted by molar-refractivity contribution is 9.10. The summed E-state index contributed by atoms with van der Waals surface area (Å²) in [4.78, 5) is 28.1. The van der Waals surface area contributed by atoms with E-state index in [0.717, 1.165) is 21.1 Å². The summed E-state index contributed by atoms with van der Waals surface area (Å²) >= 11 is 3.40. The van der Waals surface area contributed by atoms with Crippen LogP contribution in [0.15, 0.2) is 53.3 Å². The average molecular weight is 402 g/mol. The zero-order valence-corrected chi connectivity index (χ0v) is 15.1. The minimum absolute atomic E-state index is 0.00514. The Bertz CT molecular complexity index is 936.